The Morgan fingerprint density at radius 2 is 1.58 bits per heavy atom. The van der Waals surface area contributed by atoms with Gasteiger partial charge >= 0.3 is 0 Å². The highest BCUT2D eigenvalue weighted by molar-refractivity contribution is 6.03. The third-order valence-corrected chi connectivity index (χ3v) is 5.21. The summed E-state index contributed by atoms with van der Waals surface area (Å²) in [6, 6.07) is 14.1. The van der Waals surface area contributed by atoms with Gasteiger partial charge in [0.15, 0.2) is 0 Å². The Kier molecular flexibility index (Phi) is 4.33. The molecule has 2 aliphatic rings. The van der Waals surface area contributed by atoms with Crippen molar-refractivity contribution in [2.24, 2.45) is 17.3 Å². The molecular weight excluding hydrogens is 304 g/mol. The van der Waals surface area contributed by atoms with E-state index >= 15 is 0 Å². The molecule has 1 aromatic carbocycles. The number of nitrogens with zero attached hydrogens (tertiary/aromatic N) is 3. The fourth-order valence-electron chi connectivity index (χ4n) is 3.88. The van der Waals surface area contributed by atoms with Crippen LogP contribution in [0.15, 0.2) is 30.3 Å². The molecule has 6 nitrogen and oxygen atoms in total. The highest BCUT2D eigenvalue weighted by Gasteiger charge is 2.57. The number of carbonyl (C=O) groups excluding carboxylic acids is 2. The van der Waals surface area contributed by atoms with Crippen LogP contribution in [-0.2, 0) is 16.1 Å². The first-order valence-corrected chi connectivity index (χ1v) is 8.01. The molecule has 2 aliphatic heterocycles. The first-order chi connectivity index (χ1) is 11.6. The maximum Gasteiger partial charge on any atom is 0.244 e. The number of imide groups is 1. The molecule has 24 heavy (non-hydrogen) atoms. The van der Waals surface area contributed by atoms with Gasteiger partial charge in [-0.2, -0.15) is 10.5 Å². The number of piperidine rings is 2. The molecule has 6 heteroatoms. The van der Waals surface area contributed by atoms with Crippen LogP contribution in [0.5, 0.6) is 0 Å². The van der Waals surface area contributed by atoms with Gasteiger partial charge in [0.1, 0.15) is 11.8 Å². The number of benzene rings is 1. The summed E-state index contributed by atoms with van der Waals surface area (Å²) < 4.78 is 0. The summed E-state index contributed by atoms with van der Waals surface area (Å²) in [6.45, 7) is 2.10. The second-order valence-electron chi connectivity index (χ2n) is 6.47. The van der Waals surface area contributed by atoms with Crippen molar-refractivity contribution < 1.29 is 9.59 Å². The number of carbonyl (C=O) groups is 2. The summed E-state index contributed by atoms with van der Waals surface area (Å²) in [5.74, 6) is -3.02. The second-order valence-corrected chi connectivity index (χ2v) is 6.47. The summed E-state index contributed by atoms with van der Waals surface area (Å²) in [4.78, 5) is 26.4. The Morgan fingerprint density at radius 1 is 1.04 bits per heavy atom. The molecule has 2 heterocycles. The standard InChI is InChI=1S/C18H18N4O2/c19-10-14-16(23)21-17(24)15(11-20)18(14)6-8-22(9-7-18)12-13-4-2-1-3-5-13/h1-5,14-15H,6-9,12H2,(H,21,23,24). The molecule has 3 rings (SSSR count). The van der Waals surface area contributed by atoms with Gasteiger partial charge in [-0.25, -0.2) is 0 Å². The zero-order valence-electron chi connectivity index (χ0n) is 13.2. The summed E-state index contributed by atoms with van der Waals surface area (Å²) >= 11 is 0. The lowest BCUT2D eigenvalue weighted by atomic mass is 9.59. The van der Waals surface area contributed by atoms with Gasteiger partial charge in [0.2, 0.25) is 11.8 Å². The van der Waals surface area contributed by atoms with Crippen molar-refractivity contribution in [3.63, 3.8) is 0 Å². The largest absolute Gasteiger partial charge is 0.299 e. The molecular formula is C18H18N4O2. The smallest absolute Gasteiger partial charge is 0.244 e. The molecule has 2 unspecified atom stereocenters. The maximum atomic E-state index is 12.1. The van der Waals surface area contributed by atoms with Gasteiger partial charge in [-0.1, -0.05) is 30.3 Å². The molecule has 1 spiro atoms. The number of hydrogen-bond donors (Lipinski definition) is 1. The van der Waals surface area contributed by atoms with E-state index in [-0.39, 0.29) is 0 Å². The highest BCUT2D eigenvalue weighted by atomic mass is 16.2. The summed E-state index contributed by atoms with van der Waals surface area (Å²) in [7, 11) is 0. The minimum Gasteiger partial charge on any atom is -0.299 e. The van der Waals surface area contributed by atoms with Crippen molar-refractivity contribution in [2.45, 2.75) is 19.4 Å². The van der Waals surface area contributed by atoms with Gasteiger partial charge in [0, 0.05) is 12.0 Å². The van der Waals surface area contributed by atoms with Crippen molar-refractivity contribution in [3.8, 4) is 12.1 Å². The zero-order valence-corrected chi connectivity index (χ0v) is 13.2. The van der Waals surface area contributed by atoms with Gasteiger partial charge in [-0.3, -0.25) is 19.8 Å². The lowest BCUT2D eigenvalue weighted by Crippen LogP contribution is -2.60. The predicted molar refractivity (Wildman–Crippen MR) is 84.7 cm³/mol. The van der Waals surface area contributed by atoms with E-state index in [4.69, 9.17) is 0 Å². The van der Waals surface area contributed by atoms with Crippen LogP contribution in [0.1, 0.15) is 18.4 Å². The van der Waals surface area contributed by atoms with Crippen molar-refractivity contribution in [2.75, 3.05) is 13.1 Å². The number of likely N-dealkylation sites (tertiary alicyclic amines) is 1. The van der Waals surface area contributed by atoms with E-state index in [1.165, 1.54) is 5.56 Å². The van der Waals surface area contributed by atoms with E-state index in [2.05, 4.69) is 22.3 Å². The van der Waals surface area contributed by atoms with E-state index < -0.39 is 29.1 Å². The number of hydrogen-bond acceptors (Lipinski definition) is 5. The average molecular weight is 322 g/mol. The second kappa shape index (κ2) is 6.43. The SMILES string of the molecule is N#CC1C(=O)NC(=O)C(C#N)C12CCN(Cc1ccccc1)CC2. The van der Waals surface area contributed by atoms with E-state index in [1.807, 2.05) is 30.3 Å². The lowest BCUT2D eigenvalue weighted by Gasteiger charge is -2.47. The summed E-state index contributed by atoms with van der Waals surface area (Å²) in [5.41, 5.74) is 0.329. The highest BCUT2D eigenvalue weighted by Crippen LogP contribution is 2.47. The van der Waals surface area contributed by atoms with Crippen molar-refractivity contribution in [1.29, 1.82) is 10.5 Å². The Morgan fingerprint density at radius 3 is 2.08 bits per heavy atom. The van der Waals surface area contributed by atoms with Gasteiger partial charge in [-0.05, 0) is 31.5 Å². The number of nitriles is 2. The van der Waals surface area contributed by atoms with E-state index in [0.717, 1.165) is 6.54 Å². The lowest BCUT2D eigenvalue weighted by molar-refractivity contribution is -0.147. The number of rotatable bonds is 2. The molecule has 122 valence electrons. The van der Waals surface area contributed by atoms with Crippen LogP contribution < -0.4 is 5.32 Å². The van der Waals surface area contributed by atoms with E-state index in [1.54, 1.807) is 0 Å². The van der Waals surface area contributed by atoms with Gasteiger partial charge < -0.3 is 0 Å². The molecule has 0 aliphatic carbocycles. The minimum atomic E-state index is -0.946. The molecule has 1 N–H and O–H groups in total. The monoisotopic (exact) mass is 322 g/mol. The van der Waals surface area contributed by atoms with Crippen molar-refractivity contribution >= 4 is 11.8 Å². The summed E-state index contributed by atoms with van der Waals surface area (Å²) in [5, 5.41) is 21.0. The molecule has 0 radical (unpaired) electrons. The van der Waals surface area contributed by atoms with Gasteiger partial charge in [0.05, 0.1) is 12.1 Å². The Bertz CT molecular complexity index is 690. The fourth-order valence-corrected chi connectivity index (χ4v) is 3.88. The minimum absolute atomic E-state index is 0.495. The summed E-state index contributed by atoms with van der Waals surface area (Å²) in [6.07, 6.45) is 0.991. The van der Waals surface area contributed by atoms with Crippen LogP contribution in [0.25, 0.3) is 0 Å². The van der Waals surface area contributed by atoms with Gasteiger partial charge in [0.25, 0.3) is 0 Å². The van der Waals surface area contributed by atoms with Gasteiger partial charge in [-0.15, -0.1) is 0 Å². The van der Waals surface area contributed by atoms with Crippen LogP contribution in [0.2, 0.25) is 0 Å². The van der Waals surface area contributed by atoms with E-state index in [0.29, 0.717) is 25.9 Å². The fraction of sp³-hybridized carbons (Fsp3) is 0.444. The third-order valence-electron chi connectivity index (χ3n) is 5.21. The molecule has 1 aromatic rings. The van der Waals surface area contributed by atoms with Crippen LogP contribution in [0.3, 0.4) is 0 Å². The average Bonchev–Trinajstić information content (AvgIpc) is 2.58. The predicted octanol–water partition coefficient (Wildman–Crippen LogP) is 1.20. The molecule has 0 saturated carbocycles. The maximum absolute atomic E-state index is 12.1. The first-order valence-electron chi connectivity index (χ1n) is 8.01. The quantitative estimate of drug-likeness (QED) is 0.825. The third kappa shape index (κ3) is 2.66. The zero-order chi connectivity index (χ0) is 17.2. The molecule has 0 aromatic heterocycles. The molecule has 2 atom stereocenters. The Hall–Kier alpha value is -2.70. The first kappa shape index (κ1) is 16.2. The number of amides is 2. The number of nitrogens with one attached hydrogen (secondary N) is 1. The van der Waals surface area contributed by atoms with Crippen molar-refractivity contribution in [1.82, 2.24) is 10.2 Å². The normalized spacial score (nSPS) is 26.4. The topological polar surface area (TPSA) is 97.0 Å². The van der Waals surface area contributed by atoms with Crippen LogP contribution >= 0.6 is 0 Å². The molecule has 2 saturated heterocycles. The van der Waals surface area contributed by atoms with Crippen LogP contribution in [0.4, 0.5) is 0 Å². The Balaban J connectivity index is 1.78. The van der Waals surface area contributed by atoms with E-state index in [9.17, 15) is 20.1 Å². The Labute approximate surface area is 140 Å². The van der Waals surface area contributed by atoms with Crippen LogP contribution in [-0.4, -0.2) is 29.8 Å². The molecule has 2 amide bonds. The van der Waals surface area contributed by atoms with Crippen molar-refractivity contribution in [3.05, 3.63) is 35.9 Å². The molecule has 2 fully saturated rings. The van der Waals surface area contributed by atoms with Crippen LogP contribution in [0, 0.1) is 39.9 Å². The molecule has 0 bridgehead atoms.